The second-order valence-corrected chi connectivity index (χ2v) is 10.6. The van der Waals surface area contributed by atoms with Gasteiger partial charge in [-0.1, -0.05) is 66.2 Å². The van der Waals surface area contributed by atoms with Crippen LogP contribution < -0.4 is 5.32 Å². The molecule has 0 spiro atoms. The Morgan fingerprint density at radius 1 is 0.917 bits per heavy atom. The van der Waals surface area contributed by atoms with Gasteiger partial charge in [-0.15, -0.1) is 11.3 Å². The van der Waals surface area contributed by atoms with Gasteiger partial charge in [0.15, 0.2) is 5.78 Å². The van der Waals surface area contributed by atoms with Crippen LogP contribution in [-0.4, -0.2) is 59.6 Å². The number of hydrogen-bond donors (Lipinski definition) is 1. The molecule has 0 saturated carbocycles. The van der Waals surface area contributed by atoms with E-state index in [2.05, 4.69) is 5.32 Å². The first-order valence-electron chi connectivity index (χ1n) is 12.4. The first kappa shape index (κ1) is 24.4. The molecule has 2 aliphatic heterocycles. The number of amides is 2. The fraction of sp³-hybridized carbons (Fsp3) is 0.345. The number of piperazine rings is 1. The monoisotopic (exact) mass is 501 g/mol. The van der Waals surface area contributed by atoms with Crippen LogP contribution in [0.25, 0.3) is 0 Å². The molecule has 4 atom stereocenters. The highest BCUT2D eigenvalue weighted by atomic mass is 32.1. The van der Waals surface area contributed by atoms with Crippen LogP contribution in [0.1, 0.15) is 45.2 Å². The third-order valence-electron chi connectivity index (χ3n) is 7.36. The van der Waals surface area contributed by atoms with Crippen molar-refractivity contribution in [2.75, 3.05) is 26.2 Å². The lowest BCUT2D eigenvalue weighted by atomic mass is 9.78. The van der Waals surface area contributed by atoms with Crippen LogP contribution in [0.15, 0.2) is 72.1 Å². The van der Waals surface area contributed by atoms with Gasteiger partial charge in [0.05, 0.1) is 12.0 Å². The molecular weight excluding hydrogens is 470 g/mol. The van der Waals surface area contributed by atoms with Gasteiger partial charge in [0, 0.05) is 49.5 Å². The second-order valence-electron chi connectivity index (χ2n) is 9.60. The normalized spacial score (nSPS) is 24.1. The van der Waals surface area contributed by atoms with Crippen molar-refractivity contribution in [1.29, 1.82) is 0 Å². The third-order valence-corrected chi connectivity index (χ3v) is 8.34. The zero-order valence-corrected chi connectivity index (χ0v) is 21.4. The van der Waals surface area contributed by atoms with Gasteiger partial charge in [0.25, 0.3) is 0 Å². The first-order valence-corrected chi connectivity index (χ1v) is 13.3. The quantitative estimate of drug-likeness (QED) is 0.536. The molecule has 1 aromatic heterocycles. The summed E-state index contributed by atoms with van der Waals surface area (Å²) in [5.74, 6) is -1.34. The van der Waals surface area contributed by atoms with E-state index in [0.717, 1.165) is 29.1 Å². The van der Waals surface area contributed by atoms with E-state index in [0.29, 0.717) is 18.7 Å². The number of benzene rings is 2. The van der Waals surface area contributed by atoms with Crippen molar-refractivity contribution in [2.24, 2.45) is 5.92 Å². The smallest absolute Gasteiger partial charge is 0.246 e. The number of rotatable bonds is 5. The molecule has 3 aromatic rings. The van der Waals surface area contributed by atoms with Gasteiger partial charge in [-0.05, 0) is 23.9 Å². The van der Waals surface area contributed by atoms with E-state index in [9.17, 15) is 14.4 Å². The van der Waals surface area contributed by atoms with E-state index < -0.39 is 23.9 Å². The molecular formula is C29H31N3O3S. The minimum Gasteiger partial charge on any atom is -0.338 e. The highest BCUT2D eigenvalue weighted by Crippen LogP contribution is 2.52. The van der Waals surface area contributed by atoms with Crippen molar-refractivity contribution in [3.8, 4) is 0 Å². The Labute approximate surface area is 215 Å². The highest BCUT2D eigenvalue weighted by molar-refractivity contribution is 7.10. The van der Waals surface area contributed by atoms with Crippen LogP contribution >= 0.6 is 11.3 Å². The number of carbonyl (C=O) groups excluding carboxylic acids is 3. The van der Waals surface area contributed by atoms with E-state index in [1.54, 1.807) is 16.2 Å². The summed E-state index contributed by atoms with van der Waals surface area (Å²) in [6.45, 7) is 6.12. The van der Waals surface area contributed by atoms with Crippen LogP contribution in [0.2, 0.25) is 0 Å². The average Bonchev–Trinajstić information content (AvgIpc) is 3.55. The number of hydrogen-bond acceptors (Lipinski definition) is 5. The second kappa shape index (κ2) is 10.4. The lowest BCUT2D eigenvalue weighted by Gasteiger charge is -2.35. The number of Topliss-reactive ketones (excluding diaryl/α,β-unsaturated/α-hetero) is 1. The van der Waals surface area contributed by atoms with E-state index in [1.165, 1.54) is 6.92 Å². The van der Waals surface area contributed by atoms with Gasteiger partial charge in [0.1, 0.15) is 6.04 Å². The van der Waals surface area contributed by atoms with Crippen LogP contribution in [0.5, 0.6) is 0 Å². The van der Waals surface area contributed by atoms with Crippen molar-refractivity contribution in [3.05, 3.63) is 93.7 Å². The first-order chi connectivity index (χ1) is 17.5. The summed E-state index contributed by atoms with van der Waals surface area (Å²) < 4.78 is 0. The molecule has 36 heavy (non-hydrogen) atoms. The van der Waals surface area contributed by atoms with Crippen molar-refractivity contribution in [2.45, 2.75) is 31.8 Å². The van der Waals surface area contributed by atoms with Gasteiger partial charge in [-0.2, -0.15) is 0 Å². The predicted molar refractivity (Wildman–Crippen MR) is 141 cm³/mol. The molecule has 2 fully saturated rings. The zero-order chi connectivity index (χ0) is 25.2. The number of carbonyl (C=O) groups is 3. The highest BCUT2D eigenvalue weighted by Gasteiger charge is 2.57. The number of aryl methyl sites for hydroxylation is 1. The molecule has 6 nitrogen and oxygen atoms in total. The molecule has 2 amide bonds. The Morgan fingerprint density at radius 3 is 2.22 bits per heavy atom. The van der Waals surface area contributed by atoms with Gasteiger partial charge in [-0.3, -0.25) is 14.4 Å². The third kappa shape index (κ3) is 4.49. The number of likely N-dealkylation sites (tertiary alicyclic amines) is 1. The Hall–Kier alpha value is -3.29. The van der Waals surface area contributed by atoms with E-state index in [4.69, 9.17) is 0 Å². The fourth-order valence-corrected chi connectivity index (χ4v) is 6.60. The van der Waals surface area contributed by atoms with Crippen LogP contribution in [0.4, 0.5) is 0 Å². The molecule has 0 radical (unpaired) electrons. The summed E-state index contributed by atoms with van der Waals surface area (Å²) in [5.41, 5.74) is 2.55. The molecule has 2 aliphatic rings. The van der Waals surface area contributed by atoms with Crippen molar-refractivity contribution >= 4 is 28.9 Å². The summed E-state index contributed by atoms with van der Waals surface area (Å²) >= 11 is 1.54. The fourth-order valence-electron chi connectivity index (χ4n) is 5.70. The molecule has 0 bridgehead atoms. The Kier molecular flexibility index (Phi) is 7.03. The molecule has 7 heteroatoms. The maximum Gasteiger partial charge on any atom is 0.246 e. The van der Waals surface area contributed by atoms with Crippen LogP contribution in [-0.2, 0) is 9.59 Å². The molecule has 5 rings (SSSR count). The van der Waals surface area contributed by atoms with Crippen molar-refractivity contribution in [3.63, 3.8) is 0 Å². The molecule has 1 N–H and O–H groups in total. The maximum absolute atomic E-state index is 14.3. The van der Waals surface area contributed by atoms with Crippen molar-refractivity contribution in [1.82, 2.24) is 15.1 Å². The molecule has 3 heterocycles. The minimum atomic E-state index is -0.746. The maximum atomic E-state index is 14.3. The molecule has 2 aromatic carbocycles. The lowest BCUT2D eigenvalue weighted by molar-refractivity contribution is -0.145. The van der Waals surface area contributed by atoms with Crippen LogP contribution in [0.3, 0.4) is 0 Å². The van der Waals surface area contributed by atoms with Gasteiger partial charge < -0.3 is 15.1 Å². The molecule has 0 aliphatic carbocycles. The summed E-state index contributed by atoms with van der Waals surface area (Å²) in [5, 5.41) is 5.27. The molecule has 2 saturated heterocycles. The minimum absolute atomic E-state index is 0.0379. The average molecular weight is 502 g/mol. The summed E-state index contributed by atoms with van der Waals surface area (Å²) in [4.78, 5) is 46.3. The van der Waals surface area contributed by atoms with E-state index in [1.807, 2.05) is 83.9 Å². The predicted octanol–water partition coefficient (Wildman–Crippen LogP) is 4.04. The van der Waals surface area contributed by atoms with Gasteiger partial charge >= 0.3 is 0 Å². The van der Waals surface area contributed by atoms with Gasteiger partial charge in [-0.25, -0.2) is 0 Å². The topological polar surface area (TPSA) is 69.7 Å². The lowest BCUT2D eigenvalue weighted by Crippen LogP contribution is -2.54. The number of nitrogens with one attached hydrogen (secondary N) is 1. The number of nitrogens with zero attached hydrogens (tertiary/aromatic N) is 2. The largest absolute Gasteiger partial charge is 0.338 e. The zero-order valence-electron chi connectivity index (χ0n) is 20.6. The van der Waals surface area contributed by atoms with Gasteiger partial charge in [0.2, 0.25) is 11.8 Å². The molecule has 186 valence electrons. The number of ketones is 1. The van der Waals surface area contributed by atoms with E-state index in [-0.39, 0.29) is 17.6 Å². The van der Waals surface area contributed by atoms with Crippen LogP contribution in [0, 0.1) is 12.8 Å². The number of thiophene rings is 1. The summed E-state index contributed by atoms with van der Waals surface area (Å²) in [7, 11) is 0. The Balaban J connectivity index is 1.69. The molecule has 4 unspecified atom stereocenters. The summed E-state index contributed by atoms with van der Waals surface area (Å²) in [6, 6.07) is 19.9. The standard InChI is InChI=1S/C29H31N3O3S/c1-19-10-12-22(13-11-19)28(34)25-24(23-9-6-18-36-23)27(29(35)31-16-14-30-15-17-31)32(20(2)33)26(25)21-7-4-3-5-8-21/h3-13,18,24-27,30H,14-17H2,1-2H3. The Bertz CT molecular complexity index is 1220. The van der Waals surface area contributed by atoms with Crippen molar-refractivity contribution < 1.29 is 14.4 Å². The van der Waals surface area contributed by atoms with E-state index >= 15 is 0 Å². The Morgan fingerprint density at radius 2 is 1.61 bits per heavy atom. The summed E-state index contributed by atoms with van der Waals surface area (Å²) in [6.07, 6.45) is 0. The SMILES string of the molecule is CC(=O)N1C(C(=O)N2CCNCC2)C(c2cccs2)C(C(=O)c2ccc(C)cc2)C1c1ccccc1.